The van der Waals surface area contributed by atoms with E-state index in [9.17, 15) is 13.6 Å². The molecule has 2 rings (SSSR count). The lowest BCUT2D eigenvalue weighted by molar-refractivity contribution is -0.121. The van der Waals surface area contributed by atoms with Gasteiger partial charge in [0.1, 0.15) is 17.4 Å². The quantitative estimate of drug-likeness (QED) is 0.901. The Kier molecular flexibility index (Phi) is 10.6. The summed E-state index contributed by atoms with van der Waals surface area (Å²) in [7, 11) is 2.00. The van der Waals surface area contributed by atoms with E-state index in [4.69, 9.17) is 10.2 Å². The van der Waals surface area contributed by atoms with Crippen molar-refractivity contribution in [3.63, 3.8) is 0 Å². The highest BCUT2D eigenvalue weighted by Crippen LogP contribution is 2.30. The molecule has 1 aliphatic rings. The molecule has 22 heavy (non-hydrogen) atoms. The zero-order valence-corrected chi connectivity index (χ0v) is 13.5. The second-order valence-corrected chi connectivity index (χ2v) is 5.29. The summed E-state index contributed by atoms with van der Waals surface area (Å²) in [5, 5.41) is 14.0. The van der Waals surface area contributed by atoms with Crippen LogP contribution in [0.4, 0.5) is 8.78 Å². The molecule has 1 saturated carbocycles. The van der Waals surface area contributed by atoms with Crippen molar-refractivity contribution < 1.29 is 23.8 Å². The van der Waals surface area contributed by atoms with E-state index >= 15 is 0 Å². The maximum atomic E-state index is 13.5. The summed E-state index contributed by atoms with van der Waals surface area (Å²) in [5.41, 5.74) is 0.444. The molecular weight excluding hydrogens is 290 g/mol. The van der Waals surface area contributed by atoms with E-state index in [-0.39, 0.29) is 11.7 Å². The van der Waals surface area contributed by atoms with Gasteiger partial charge in [0, 0.05) is 27.1 Å². The average molecular weight is 316 g/mol. The van der Waals surface area contributed by atoms with Crippen molar-refractivity contribution in [1.29, 1.82) is 0 Å². The molecule has 0 saturated heterocycles. The van der Waals surface area contributed by atoms with Crippen molar-refractivity contribution in [3.8, 4) is 0 Å². The molecule has 0 spiro atoms. The monoisotopic (exact) mass is 316 g/mol. The fourth-order valence-corrected chi connectivity index (χ4v) is 2.74. The maximum Gasteiger partial charge on any atom is 0.132 e. The lowest BCUT2D eigenvalue weighted by Gasteiger charge is -2.27. The number of halogens is 2. The molecule has 1 aromatic rings. The molecule has 0 amide bonds. The molecule has 1 fully saturated rings. The summed E-state index contributed by atoms with van der Waals surface area (Å²) in [6.45, 7) is 2.06. The van der Waals surface area contributed by atoms with Crippen molar-refractivity contribution in [3.05, 3.63) is 35.4 Å². The molecule has 0 radical (unpaired) electrons. The van der Waals surface area contributed by atoms with Crippen molar-refractivity contribution in [2.24, 2.45) is 11.8 Å². The summed E-state index contributed by atoms with van der Waals surface area (Å²) in [5.74, 6) is 0.336. The van der Waals surface area contributed by atoms with E-state index in [0.717, 1.165) is 33.1 Å². The fraction of sp³-hybridized carbons (Fsp3) is 0.588. The van der Waals surface area contributed by atoms with Crippen molar-refractivity contribution in [2.45, 2.75) is 39.0 Å². The number of aliphatic hydroxyl groups excluding tert-OH is 2. The number of hydrogen-bond donors (Lipinski definition) is 2. The van der Waals surface area contributed by atoms with E-state index < -0.39 is 5.82 Å². The van der Waals surface area contributed by atoms with Crippen molar-refractivity contribution in [1.82, 2.24) is 0 Å². The van der Waals surface area contributed by atoms with Crippen LogP contribution in [0.25, 0.3) is 0 Å². The van der Waals surface area contributed by atoms with Gasteiger partial charge in [-0.05, 0) is 54.9 Å². The molecule has 1 unspecified atom stereocenters. The number of carbonyl (C=O) groups is 1. The van der Waals surface area contributed by atoms with Crippen LogP contribution in [0, 0.1) is 23.5 Å². The van der Waals surface area contributed by atoms with E-state index in [1.807, 2.05) is 0 Å². The average Bonchev–Trinajstić information content (AvgIpc) is 2.55. The Morgan fingerprint density at radius 1 is 1.14 bits per heavy atom. The molecule has 0 heterocycles. The van der Waals surface area contributed by atoms with E-state index in [1.54, 1.807) is 0 Å². The standard InChI is InChI=1S/C15H18F2O.2CH4O/c1-10(11-2-5-14(18)6-3-11)8-12-9-13(16)4-7-15(12)17;2*1-2/h4,7,9-11H,2-3,5-6,8H2,1H3;2*2H,1H3. The van der Waals surface area contributed by atoms with Gasteiger partial charge in [-0.2, -0.15) is 0 Å². The highest BCUT2D eigenvalue weighted by atomic mass is 19.1. The van der Waals surface area contributed by atoms with Crippen LogP contribution in [-0.4, -0.2) is 30.2 Å². The summed E-state index contributed by atoms with van der Waals surface area (Å²) in [4.78, 5) is 11.2. The maximum absolute atomic E-state index is 13.5. The van der Waals surface area contributed by atoms with Gasteiger partial charge >= 0.3 is 0 Å². The molecule has 1 atom stereocenters. The summed E-state index contributed by atoms with van der Waals surface area (Å²) in [6, 6.07) is 3.60. The normalized spacial score (nSPS) is 16.0. The molecular formula is C17H26F2O3. The summed E-state index contributed by atoms with van der Waals surface area (Å²) >= 11 is 0. The predicted molar refractivity (Wildman–Crippen MR) is 82.5 cm³/mol. The Morgan fingerprint density at radius 2 is 1.68 bits per heavy atom. The third kappa shape index (κ3) is 6.62. The summed E-state index contributed by atoms with van der Waals surface area (Å²) in [6.07, 6.45) is 3.59. The van der Waals surface area contributed by atoms with Gasteiger partial charge in [0.05, 0.1) is 0 Å². The van der Waals surface area contributed by atoms with Crippen LogP contribution in [0.5, 0.6) is 0 Å². The Bertz CT molecular complexity index is 440. The molecule has 3 nitrogen and oxygen atoms in total. The number of carbonyl (C=O) groups excluding carboxylic acids is 1. The Balaban J connectivity index is 0.00000102. The molecule has 126 valence electrons. The van der Waals surface area contributed by atoms with Gasteiger partial charge in [0.15, 0.2) is 0 Å². The zero-order chi connectivity index (χ0) is 17.1. The molecule has 0 bridgehead atoms. The molecule has 1 aromatic carbocycles. The third-order valence-corrected chi connectivity index (χ3v) is 3.94. The van der Waals surface area contributed by atoms with Gasteiger partial charge < -0.3 is 10.2 Å². The highest BCUT2D eigenvalue weighted by molar-refractivity contribution is 5.79. The first kappa shape index (κ1) is 20.7. The molecule has 0 aliphatic heterocycles. The fourth-order valence-electron chi connectivity index (χ4n) is 2.74. The van der Waals surface area contributed by atoms with Crippen molar-refractivity contribution in [2.75, 3.05) is 14.2 Å². The zero-order valence-electron chi connectivity index (χ0n) is 13.5. The Hall–Kier alpha value is -1.33. The minimum atomic E-state index is -0.391. The van der Waals surface area contributed by atoms with Crippen LogP contribution in [0.2, 0.25) is 0 Å². The van der Waals surface area contributed by atoms with Crippen molar-refractivity contribution >= 4 is 5.78 Å². The minimum absolute atomic E-state index is 0.286. The van der Waals surface area contributed by atoms with Crippen LogP contribution in [0.15, 0.2) is 18.2 Å². The number of Topliss-reactive ketones (excluding diaryl/α,β-unsaturated/α-hetero) is 1. The first-order valence-electron chi connectivity index (χ1n) is 7.41. The first-order chi connectivity index (χ1) is 10.6. The van der Waals surface area contributed by atoms with Gasteiger partial charge in [0.2, 0.25) is 0 Å². The first-order valence-corrected chi connectivity index (χ1v) is 7.41. The highest BCUT2D eigenvalue weighted by Gasteiger charge is 2.24. The largest absolute Gasteiger partial charge is 0.400 e. The molecule has 0 aromatic heterocycles. The van der Waals surface area contributed by atoms with Gasteiger partial charge in [-0.1, -0.05) is 6.92 Å². The van der Waals surface area contributed by atoms with Crippen LogP contribution >= 0.6 is 0 Å². The third-order valence-electron chi connectivity index (χ3n) is 3.94. The predicted octanol–water partition coefficient (Wildman–Crippen LogP) is 3.12. The van der Waals surface area contributed by atoms with Crippen LogP contribution < -0.4 is 0 Å². The lowest BCUT2D eigenvalue weighted by atomic mass is 9.78. The van der Waals surface area contributed by atoms with Gasteiger partial charge in [-0.15, -0.1) is 0 Å². The van der Waals surface area contributed by atoms with Gasteiger partial charge in [0.25, 0.3) is 0 Å². The van der Waals surface area contributed by atoms with Gasteiger partial charge in [-0.25, -0.2) is 8.78 Å². The number of aliphatic hydroxyl groups is 2. The SMILES string of the molecule is CC(Cc1cc(F)ccc1F)C1CCC(=O)CC1.CO.CO. The Labute approximate surface area is 131 Å². The van der Waals surface area contributed by atoms with Gasteiger partial charge in [-0.3, -0.25) is 4.79 Å². The van der Waals surface area contributed by atoms with Crippen LogP contribution in [-0.2, 0) is 11.2 Å². The smallest absolute Gasteiger partial charge is 0.132 e. The Morgan fingerprint density at radius 3 is 2.23 bits per heavy atom. The topological polar surface area (TPSA) is 57.5 Å². The molecule has 5 heteroatoms. The number of hydrogen-bond acceptors (Lipinski definition) is 3. The number of benzene rings is 1. The van der Waals surface area contributed by atoms with Crippen LogP contribution in [0.3, 0.4) is 0 Å². The number of rotatable bonds is 3. The number of ketones is 1. The molecule has 1 aliphatic carbocycles. The second kappa shape index (κ2) is 11.3. The van der Waals surface area contributed by atoms with E-state index in [0.29, 0.717) is 36.5 Å². The van der Waals surface area contributed by atoms with Crippen LogP contribution in [0.1, 0.15) is 38.2 Å². The summed E-state index contributed by atoms with van der Waals surface area (Å²) < 4.78 is 26.6. The van der Waals surface area contributed by atoms with E-state index in [1.165, 1.54) is 12.1 Å². The second-order valence-electron chi connectivity index (χ2n) is 5.29. The van der Waals surface area contributed by atoms with E-state index in [2.05, 4.69) is 6.92 Å². The lowest BCUT2D eigenvalue weighted by Crippen LogP contribution is -2.21. The minimum Gasteiger partial charge on any atom is -0.400 e. The molecule has 2 N–H and O–H groups in total.